The van der Waals surface area contributed by atoms with E-state index in [0.29, 0.717) is 5.82 Å². The summed E-state index contributed by atoms with van der Waals surface area (Å²) in [5, 5.41) is 2.76. The molecule has 0 aliphatic rings. The fourth-order valence-electron chi connectivity index (χ4n) is 2.36. The lowest BCUT2D eigenvalue weighted by molar-refractivity contribution is -0.111. The molecule has 25 heavy (non-hydrogen) atoms. The van der Waals surface area contributed by atoms with Gasteiger partial charge in [-0.3, -0.25) is 4.79 Å². The molecule has 1 amide bonds. The average molecular weight is 393 g/mol. The number of anilines is 1. The summed E-state index contributed by atoms with van der Waals surface area (Å²) in [5.74, 6) is 0.330. The van der Waals surface area contributed by atoms with Crippen molar-refractivity contribution in [3.63, 3.8) is 0 Å². The number of aryl methyl sites for hydroxylation is 1. The van der Waals surface area contributed by atoms with Crippen molar-refractivity contribution in [1.82, 2.24) is 4.98 Å². The van der Waals surface area contributed by atoms with Crippen molar-refractivity contribution in [3.8, 4) is 11.1 Å². The molecular formula is C21H17BrN2O. The molecule has 3 aromatic rings. The maximum absolute atomic E-state index is 12.0. The van der Waals surface area contributed by atoms with Gasteiger partial charge in [0.1, 0.15) is 5.82 Å². The third-order valence-corrected chi connectivity index (χ3v) is 4.57. The second-order valence-electron chi connectivity index (χ2n) is 5.63. The minimum absolute atomic E-state index is 0.207. The monoisotopic (exact) mass is 392 g/mol. The van der Waals surface area contributed by atoms with Crippen LogP contribution >= 0.6 is 15.9 Å². The summed E-state index contributed by atoms with van der Waals surface area (Å²) < 4.78 is 0.916. The highest BCUT2D eigenvalue weighted by Gasteiger charge is 2.02. The third kappa shape index (κ3) is 4.64. The van der Waals surface area contributed by atoms with E-state index >= 15 is 0 Å². The van der Waals surface area contributed by atoms with Crippen LogP contribution in [0.4, 0.5) is 5.82 Å². The van der Waals surface area contributed by atoms with Crippen LogP contribution in [-0.4, -0.2) is 10.9 Å². The number of hydrogen-bond acceptors (Lipinski definition) is 2. The summed E-state index contributed by atoms with van der Waals surface area (Å²) in [6.07, 6.45) is 4.98. The lowest BCUT2D eigenvalue weighted by Crippen LogP contribution is -2.09. The summed E-state index contributed by atoms with van der Waals surface area (Å²) in [7, 11) is 0. The van der Waals surface area contributed by atoms with Crippen molar-refractivity contribution in [2.45, 2.75) is 6.92 Å². The molecule has 0 bridgehead atoms. The van der Waals surface area contributed by atoms with Crippen LogP contribution in [0.1, 0.15) is 11.1 Å². The zero-order valence-electron chi connectivity index (χ0n) is 13.7. The SMILES string of the molecule is Cc1cc(NC(=O)/C=C/c2ccc(-c3ccccc3)cc2)ncc1Br. The average Bonchev–Trinajstić information content (AvgIpc) is 2.64. The van der Waals surface area contributed by atoms with Crippen LogP contribution in [0.15, 0.2) is 77.4 Å². The van der Waals surface area contributed by atoms with E-state index in [9.17, 15) is 4.79 Å². The fraction of sp³-hybridized carbons (Fsp3) is 0.0476. The van der Waals surface area contributed by atoms with Crippen LogP contribution in [0.2, 0.25) is 0 Å². The number of carbonyl (C=O) groups is 1. The van der Waals surface area contributed by atoms with Crippen molar-refractivity contribution in [2.24, 2.45) is 0 Å². The smallest absolute Gasteiger partial charge is 0.249 e. The van der Waals surface area contributed by atoms with Crippen LogP contribution in [0.5, 0.6) is 0 Å². The zero-order chi connectivity index (χ0) is 17.6. The molecule has 0 radical (unpaired) electrons. The van der Waals surface area contributed by atoms with Crippen molar-refractivity contribution in [2.75, 3.05) is 5.32 Å². The number of carbonyl (C=O) groups excluding carboxylic acids is 1. The van der Waals surface area contributed by atoms with Gasteiger partial charge < -0.3 is 5.32 Å². The summed E-state index contributed by atoms with van der Waals surface area (Å²) in [5.41, 5.74) is 4.31. The number of amides is 1. The highest BCUT2D eigenvalue weighted by Crippen LogP contribution is 2.20. The first-order chi connectivity index (χ1) is 12.1. The molecule has 1 N–H and O–H groups in total. The molecule has 0 saturated carbocycles. The third-order valence-electron chi connectivity index (χ3n) is 3.74. The van der Waals surface area contributed by atoms with E-state index in [-0.39, 0.29) is 5.91 Å². The molecule has 0 atom stereocenters. The van der Waals surface area contributed by atoms with Gasteiger partial charge >= 0.3 is 0 Å². The summed E-state index contributed by atoms with van der Waals surface area (Å²) >= 11 is 3.39. The number of benzene rings is 2. The fourth-order valence-corrected chi connectivity index (χ4v) is 2.58. The Morgan fingerprint density at radius 2 is 1.72 bits per heavy atom. The van der Waals surface area contributed by atoms with Gasteiger partial charge in [0.25, 0.3) is 0 Å². The number of aromatic nitrogens is 1. The summed E-state index contributed by atoms with van der Waals surface area (Å²) in [4.78, 5) is 16.2. The van der Waals surface area contributed by atoms with Crippen LogP contribution in [0, 0.1) is 6.92 Å². The second kappa shape index (κ2) is 7.90. The molecule has 3 nitrogen and oxygen atoms in total. The normalized spacial score (nSPS) is 10.8. The Hall–Kier alpha value is -2.72. The van der Waals surface area contributed by atoms with Gasteiger partial charge in [0.15, 0.2) is 0 Å². The topological polar surface area (TPSA) is 42.0 Å². The van der Waals surface area contributed by atoms with E-state index in [2.05, 4.69) is 38.4 Å². The molecule has 0 unspecified atom stereocenters. The van der Waals surface area contributed by atoms with Crippen molar-refractivity contribution in [1.29, 1.82) is 0 Å². The van der Waals surface area contributed by atoms with Crippen LogP contribution in [-0.2, 0) is 4.79 Å². The van der Waals surface area contributed by atoms with Crippen LogP contribution in [0.3, 0.4) is 0 Å². The molecule has 3 rings (SSSR count). The van der Waals surface area contributed by atoms with Crippen LogP contribution in [0.25, 0.3) is 17.2 Å². The van der Waals surface area contributed by atoms with E-state index in [1.165, 1.54) is 11.6 Å². The Morgan fingerprint density at radius 3 is 2.40 bits per heavy atom. The molecule has 0 saturated heterocycles. The molecular weight excluding hydrogens is 376 g/mol. The lowest BCUT2D eigenvalue weighted by atomic mass is 10.0. The predicted octanol–water partition coefficient (Wildman–Crippen LogP) is 5.47. The Bertz CT molecular complexity index is 903. The molecule has 2 aromatic carbocycles. The molecule has 1 heterocycles. The molecule has 124 valence electrons. The molecule has 0 spiro atoms. The predicted molar refractivity (Wildman–Crippen MR) is 106 cm³/mol. The maximum atomic E-state index is 12.0. The lowest BCUT2D eigenvalue weighted by Gasteiger charge is -2.04. The number of rotatable bonds is 4. The summed E-state index contributed by atoms with van der Waals surface area (Å²) in [6.45, 7) is 1.95. The quantitative estimate of drug-likeness (QED) is 0.597. The molecule has 0 aliphatic heterocycles. The standard InChI is InChI=1S/C21H17BrN2O/c1-15-13-20(23-14-19(15)22)24-21(25)12-9-16-7-10-18(11-8-16)17-5-3-2-4-6-17/h2-14H,1H3,(H,23,24,25)/b12-9+. The van der Waals surface area contributed by atoms with Crippen molar-refractivity contribution >= 4 is 33.7 Å². The van der Waals surface area contributed by atoms with Gasteiger partial charge in [-0.1, -0.05) is 54.6 Å². The first-order valence-electron chi connectivity index (χ1n) is 7.88. The van der Waals surface area contributed by atoms with Crippen LogP contribution < -0.4 is 5.32 Å². The van der Waals surface area contributed by atoms with E-state index in [4.69, 9.17) is 0 Å². The van der Waals surface area contributed by atoms with Gasteiger partial charge in [-0.25, -0.2) is 4.98 Å². The number of pyridine rings is 1. The van der Waals surface area contributed by atoms with E-state index in [1.807, 2.05) is 55.5 Å². The van der Waals surface area contributed by atoms with Gasteiger partial charge in [0, 0.05) is 16.7 Å². The first-order valence-corrected chi connectivity index (χ1v) is 8.68. The maximum Gasteiger partial charge on any atom is 0.249 e. The number of hydrogen-bond donors (Lipinski definition) is 1. The largest absolute Gasteiger partial charge is 0.307 e. The van der Waals surface area contributed by atoms with Gasteiger partial charge in [-0.05, 0) is 57.2 Å². The summed E-state index contributed by atoms with van der Waals surface area (Å²) in [6, 6.07) is 20.1. The van der Waals surface area contributed by atoms with E-state index in [0.717, 1.165) is 21.2 Å². The Balaban J connectivity index is 1.65. The first kappa shape index (κ1) is 17.1. The molecule has 0 aliphatic carbocycles. The Kier molecular flexibility index (Phi) is 5.41. The number of nitrogens with one attached hydrogen (secondary N) is 1. The zero-order valence-corrected chi connectivity index (χ0v) is 15.3. The Morgan fingerprint density at radius 1 is 1.04 bits per heavy atom. The number of halogens is 1. The number of nitrogens with zero attached hydrogens (tertiary/aromatic N) is 1. The van der Waals surface area contributed by atoms with Gasteiger partial charge in [0.05, 0.1) is 0 Å². The minimum Gasteiger partial charge on any atom is -0.307 e. The van der Waals surface area contributed by atoms with Gasteiger partial charge in [-0.2, -0.15) is 0 Å². The van der Waals surface area contributed by atoms with Crippen molar-refractivity contribution in [3.05, 3.63) is 88.5 Å². The highest BCUT2D eigenvalue weighted by molar-refractivity contribution is 9.10. The highest BCUT2D eigenvalue weighted by atomic mass is 79.9. The molecule has 1 aromatic heterocycles. The van der Waals surface area contributed by atoms with E-state index < -0.39 is 0 Å². The Labute approximate surface area is 155 Å². The van der Waals surface area contributed by atoms with E-state index in [1.54, 1.807) is 12.3 Å². The second-order valence-corrected chi connectivity index (χ2v) is 6.48. The van der Waals surface area contributed by atoms with Gasteiger partial charge in [-0.15, -0.1) is 0 Å². The molecule has 0 fully saturated rings. The van der Waals surface area contributed by atoms with Crippen molar-refractivity contribution < 1.29 is 4.79 Å². The molecule has 4 heteroatoms. The van der Waals surface area contributed by atoms with Gasteiger partial charge in [0.2, 0.25) is 5.91 Å². The minimum atomic E-state index is -0.207.